The second-order valence-electron chi connectivity index (χ2n) is 3.33. The number of carbonyl (C=O) groups is 1. The lowest BCUT2D eigenvalue weighted by Crippen LogP contribution is -2.23. The number of ether oxygens (including phenoxy) is 1. The van der Waals surface area contributed by atoms with Crippen molar-refractivity contribution in [2.75, 3.05) is 7.11 Å². The first-order valence-electron chi connectivity index (χ1n) is 5.00. The lowest BCUT2D eigenvalue weighted by Gasteiger charge is -1.98. The van der Waals surface area contributed by atoms with Gasteiger partial charge in [0.2, 0.25) is 0 Å². The van der Waals surface area contributed by atoms with Crippen molar-refractivity contribution in [2.24, 2.45) is 0 Å². The van der Waals surface area contributed by atoms with Crippen LogP contribution in [-0.2, 0) is 17.9 Å². The van der Waals surface area contributed by atoms with Crippen LogP contribution >= 0.6 is 0 Å². The number of aromatic amines is 1. The zero-order valence-corrected chi connectivity index (χ0v) is 9.27. The van der Waals surface area contributed by atoms with Crippen LogP contribution < -0.4 is 5.32 Å². The summed E-state index contributed by atoms with van der Waals surface area (Å²) in [6.07, 6.45) is 3.31. The highest BCUT2D eigenvalue weighted by molar-refractivity contribution is 5.92. The third kappa shape index (κ3) is 2.91. The number of imidazole rings is 1. The number of hydrogen-bond donors (Lipinski definition) is 2. The normalized spacial score (nSPS) is 10.4. The maximum absolute atomic E-state index is 11.6. The van der Waals surface area contributed by atoms with Gasteiger partial charge in [0.25, 0.3) is 5.91 Å². The number of rotatable bonds is 5. The summed E-state index contributed by atoms with van der Waals surface area (Å²) in [6.45, 7) is 0.608. The van der Waals surface area contributed by atoms with E-state index in [0.717, 1.165) is 0 Å². The summed E-state index contributed by atoms with van der Waals surface area (Å²) in [5.41, 5.74) is 0.226. The molecule has 0 aliphatic heterocycles. The summed E-state index contributed by atoms with van der Waals surface area (Å²) in [5, 5.41) is 6.30. The van der Waals surface area contributed by atoms with Crippen molar-refractivity contribution in [2.45, 2.75) is 13.2 Å². The van der Waals surface area contributed by atoms with Gasteiger partial charge in [-0.15, -0.1) is 0 Å². The highest BCUT2D eigenvalue weighted by Crippen LogP contribution is 2.04. The summed E-state index contributed by atoms with van der Waals surface area (Å²) in [5.74, 6) is 0.877. The molecule has 0 atom stereocenters. The zero-order chi connectivity index (χ0) is 12.1. The Morgan fingerprint density at radius 3 is 3.24 bits per heavy atom. The molecule has 1 amide bonds. The van der Waals surface area contributed by atoms with Gasteiger partial charge in [0.05, 0.1) is 6.54 Å². The van der Waals surface area contributed by atoms with E-state index in [4.69, 9.17) is 9.26 Å². The first kappa shape index (κ1) is 11.3. The minimum Gasteiger partial charge on any atom is -0.377 e. The van der Waals surface area contributed by atoms with Gasteiger partial charge in [0.15, 0.2) is 11.5 Å². The molecule has 0 unspecified atom stereocenters. The third-order valence-electron chi connectivity index (χ3n) is 2.05. The topological polar surface area (TPSA) is 93.0 Å². The van der Waals surface area contributed by atoms with E-state index in [-0.39, 0.29) is 11.6 Å². The number of methoxy groups -OCH3 is 1. The average molecular weight is 236 g/mol. The van der Waals surface area contributed by atoms with Gasteiger partial charge in [0, 0.05) is 25.6 Å². The number of aromatic nitrogens is 3. The lowest BCUT2D eigenvalue weighted by atomic mass is 10.3. The third-order valence-corrected chi connectivity index (χ3v) is 2.05. The first-order chi connectivity index (χ1) is 8.29. The summed E-state index contributed by atoms with van der Waals surface area (Å²) in [7, 11) is 1.54. The molecule has 7 nitrogen and oxygen atoms in total. The Balaban J connectivity index is 1.90. The van der Waals surface area contributed by atoms with Crippen LogP contribution in [0.4, 0.5) is 0 Å². The molecule has 0 aliphatic carbocycles. The Bertz CT molecular complexity index is 477. The highest BCUT2D eigenvalue weighted by atomic mass is 16.5. The Morgan fingerprint density at radius 2 is 2.53 bits per heavy atom. The number of hydrogen-bond acceptors (Lipinski definition) is 5. The Morgan fingerprint density at radius 1 is 1.65 bits per heavy atom. The molecule has 17 heavy (non-hydrogen) atoms. The molecule has 0 aromatic carbocycles. The molecule has 2 aromatic heterocycles. The van der Waals surface area contributed by atoms with Crippen molar-refractivity contribution in [3.05, 3.63) is 35.7 Å². The molecule has 2 rings (SSSR count). The molecule has 90 valence electrons. The van der Waals surface area contributed by atoms with Crippen LogP contribution in [0, 0.1) is 0 Å². The summed E-state index contributed by atoms with van der Waals surface area (Å²) < 4.78 is 9.76. The van der Waals surface area contributed by atoms with Gasteiger partial charge in [0.1, 0.15) is 12.4 Å². The second kappa shape index (κ2) is 5.26. The predicted molar refractivity (Wildman–Crippen MR) is 57.0 cm³/mol. The molecule has 0 spiro atoms. The first-order valence-corrected chi connectivity index (χ1v) is 5.00. The van der Waals surface area contributed by atoms with Crippen molar-refractivity contribution in [3.63, 3.8) is 0 Å². The molecule has 0 bridgehead atoms. The Kier molecular flexibility index (Phi) is 3.51. The van der Waals surface area contributed by atoms with Crippen molar-refractivity contribution >= 4 is 5.91 Å². The van der Waals surface area contributed by atoms with E-state index in [2.05, 4.69) is 20.4 Å². The Hall–Kier alpha value is -2.15. The van der Waals surface area contributed by atoms with Crippen LogP contribution in [-0.4, -0.2) is 28.1 Å². The van der Waals surface area contributed by atoms with Crippen molar-refractivity contribution < 1.29 is 14.1 Å². The second-order valence-corrected chi connectivity index (χ2v) is 3.33. The van der Waals surface area contributed by atoms with Gasteiger partial charge >= 0.3 is 0 Å². The predicted octanol–water partition coefficient (Wildman–Crippen LogP) is 0.474. The number of amides is 1. The van der Waals surface area contributed by atoms with Crippen LogP contribution in [0.5, 0.6) is 0 Å². The maximum atomic E-state index is 11.6. The summed E-state index contributed by atoms with van der Waals surface area (Å²) >= 11 is 0. The van der Waals surface area contributed by atoms with Crippen molar-refractivity contribution in [1.82, 2.24) is 20.4 Å². The molecule has 2 N–H and O–H groups in total. The summed E-state index contributed by atoms with van der Waals surface area (Å²) in [4.78, 5) is 18.5. The number of nitrogens with zero attached hydrogens (tertiary/aromatic N) is 2. The van der Waals surface area contributed by atoms with E-state index in [1.165, 1.54) is 0 Å². The van der Waals surface area contributed by atoms with E-state index < -0.39 is 0 Å². The largest absolute Gasteiger partial charge is 0.377 e. The fourth-order valence-electron chi connectivity index (χ4n) is 1.28. The SMILES string of the molecule is COCc1cc(C(=O)NCc2ncc[nH]2)no1. The van der Waals surface area contributed by atoms with Gasteiger partial charge < -0.3 is 19.6 Å². The number of H-pyrrole nitrogens is 1. The zero-order valence-electron chi connectivity index (χ0n) is 9.27. The molecule has 0 radical (unpaired) electrons. The van der Waals surface area contributed by atoms with Crippen molar-refractivity contribution in [3.8, 4) is 0 Å². The summed E-state index contributed by atoms with van der Waals surface area (Å²) in [6, 6.07) is 1.54. The van der Waals surface area contributed by atoms with Crippen LogP contribution in [0.15, 0.2) is 23.0 Å². The van der Waals surface area contributed by atoms with Crippen LogP contribution in [0.3, 0.4) is 0 Å². The molecular formula is C10H12N4O3. The lowest BCUT2D eigenvalue weighted by molar-refractivity contribution is 0.0940. The Labute approximate surface area is 97.2 Å². The molecule has 0 fully saturated rings. The highest BCUT2D eigenvalue weighted by Gasteiger charge is 2.12. The van der Waals surface area contributed by atoms with E-state index >= 15 is 0 Å². The molecular weight excluding hydrogens is 224 g/mol. The fourth-order valence-corrected chi connectivity index (χ4v) is 1.28. The van der Waals surface area contributed by atoms with Crippen LogP contribution in [0.2, 0.25) is 0 Å². The molecule has 0 aliphatic rings. The minimum absolute atomic E-state index is 0.226. The smallest absolute Gasteiger partial charge is 0.273 e. The standard InChI is InChI=1S/C10H12N4O3/c1-16-6-7-4-8(14-17-7)10(15)13-5-9-11-2-3-12-9/h2-4H,5-6H2,1H3,(H,11,12)(H,13,15). The van der Waals surface area contributed by atoms with E-state index in [1.54, 1.807) is 25.6 Å². The monoisotopic (exact) mass is 236 g/mol. The molecule has 0 saturated carbocycles. The van der Waals surface area contributed by atoms with E-state index in [0.29, 0.717) is 24.7 Å². The molecule has 0 saturated heterocycles. The van der Waals surface area contributed by atoms with Gasteiger partial charge in [-0.2, -0.15) is 0 Å². The quantitative estimate of drug-likeness (QED) is 0.787. The van der Waals surface area contributed by atoms with E-state index in [9.17, 15) is 4.79 Å². The number of nitrogens with one attached hydrogen (secondary N) is 2. The molecule has 2 heterocycles. The van der Waals surface area contributed by atoms with E-state index in [1.807, 2.05) is 0 Å². The molecule has 7 heteroatoms. The molecule has 2 aromatic rings. The maximum Gasteiger partial charge on any atom is 0.273 e. The van der Waals surface area contributed by atoms with Crippen LogP contribution in [0.25, 0.3) is 0 Å². The fraction of sp³-hybridized carbons (Fsp3) is 0.300. The van der Waals surface area contributed by atoms with Gasteiger partial charge in [-0.05, 0) is 0 Å². The minimum atomic E-state index is -0.312. The van der Waals surface area contributed by atoms with Gasteiger partial charge in [-0.1, -0.05) is 5.16 Å². The van der Waals surface area contributed by atoms with Gasteiger partial charge in [-0.3, -0.25) is 4.79 Å². The van der Waals surface area contributed by atoms with Gasteiger partial charge in [-0.25, -0.2) is 4.98 Å². The average Bonchev–Trinajstić information content (AvgIpc) is 2.97. The van der Waals surface area contributed by atoms with Crippen molar-refractivity contribution in [1.29, 1.82) is 0 Å². The van der Waals surface area contributed by atoms with Crippen LogP contribution in [0.1, 0.15) is 22.1 Å². The number of carbonyl (C=O) groups excluding carboxylic acids is 1.